The lowest BCUT2D eigenvalue weighted by molar-refractivity contribution is -0.153. The van der Waals surface area contributed by atoms with Crippen molar-refractivity contribution in [2.45, 2.75) is 6.18 Å². The number of hydrogen-bond acceptors (Lipinski definition) is 3. The van der Waals surface area contributed by atoms with Crippen LogP contribution in [0.3, 0.4) is 0 Å². The lowest BCUT2D eigenvalue weighted by Crippen LogP contribution is -2.43. The number of rotatable bonds is 3. The lowest BCUT2D eigenvalue weighted by Gasteiger charge is -2.27. The molecule has 2 rings (SSSR count). The monoisotopic (exact) mass is 304 g/mol. The van der Waals surface area contributed by atoms with Crippen molar-refractivity contribution in [1.82, 2.24) is 4.90 Å². The molecule has 1 N–H and O–H groups in total. The smallest absolute Gasteiger partial charge is 0.422 e. The molecule has 0 spiro atoms. The number of ether oxygens (including phenoxy) is 2. The molecule has 1 aliphatic rings. The highest BCUT2D eigenvalue weighted by Gasteiger charge is 2.28. The fourth-order valence-electron chi connectivity index (χ4n) is 1.80. The van der Waals surface area contributed by atoms with Gasteiger partial charge in [-0.1, -0.05) is 6.07 Å². The number of halogens is 3. The van der Waals surface area contributed by atoms with Crippen LogP contribution in [0.5, 0.6) is 5.75 Å². The van der Waals surface area contributed by atoms with Gasteiger partial charge >= 0.3 is 12.2 Å². The number of urea groups is 1. The van der Waals surface area contributed by atoms with Crippen molar-refractivity contribution in [2.75, 3.05) is 38.2 Å². The van der Waals surface area contributed by atoms with E-state index in [9.17, 15) is 18.0 Å². The summed E-state index contributed by atoms with van der Waals surface area (Å²) in [6.45, 7) is 0.546. The van der Waals surface area contributed by atoms with Crippen LogP contribution in [0.4, 0.5) is 23.7 Å². The number of morpholine rings is 1. The Balaban J connectivity index is 1.92. The molecule has 1 aromatic rings. The number of anilines is 1. The Hall–Kier alpha value is -1.96. The van der Waals surface area contributed by atoms with Crippen LogP contribution in [0.15, 0.2) is 24.3 Å². The first-order valence-corrected chi connectivity index (χ1v) is 6.37. The molecule has 0 bridgehead atoms. The van der Waals surface area contributed by atoms with Crippen molar-refractivity contribution < 1.29 is 27.4 Å². The molecular weight excluding hydrogens is 289 g/mol. The van der Waals surface area contributed by atoms with Crippen LogP contribution < -0.4 is 10.1 Å². The number of nitrogens with zero attached hydrogens (tertiary/aromatic N) is 1. The van der Waals surface area contributed by atoms with Gasteiger partial charge in [0.25, 0.3) is 0 Å². The molecule has 0 unspecified atom stereocenters. The molecule has 0 saturated carbocycles. The molecule has 2 amide bonds. The fourth-order valence-corrected chi connectivity index (χ4v) is 1.80. The molecule has 1 aromatic carbocycles. The predicted octanol–water partition coefficient (Wildman–Crippen LogP) is 2.49. The molecule has 1 aliphatic heterocycles. The predicted molar refractivity (Wildman–Crippen MR) is 69.4 cm³/mol. The maximum absolute atomic E-state index is 12.1. The third-order valence-corrected chi connectivity index (χ3v) is 2.79. The highest BCUT2D eigenvalue weighted by Crippen LogP contribution is 2.21. The van der Waals surface area contributed by atoms with Gasteiger partial charge in [0.05, 0.1) is 13.2 Å². The zero-order valence-corrected chi connectivity index (χ0v) is 11.2. The Morgan fingerprint density at radius 2 is 2.05 bits per heavy atom. The minimum atomic E-state index is -4.40. The molecule has 21 heavy (non-hydrogen) atoms. The number of nitrogens with one attached hydrogen (secondary N) is 1. The van der Waals surface area contributed by atoms with Gasteiger partial charge in [0.2, 0.25) is 0 Å². The zero-order valence-electron chi connectivity index (χ0n) is 11.2. The van der Waals surface area contributed by atoms with Gasteiger partial charge in [0.15, 0.2) is 6.61 Å². The first-order valence-electron chi connectivity index (χ1n) is 6.37. The molecule has 0 aliphatic carbocycles. The van der Waals surface area contributed by atoms with E-state index < -0.39 is 12.8 Å². The van der Waals surface area contributed by atoms with Crippen LogP contribution in [-0.2, 0) is 4.74 Å². The summed E-state index contributed by atoms with van der Waals surface area (Å²) in [7, 11) is 0. The highest BCUT2D eigenvalue weighted by atomic mass is 19.4. The van der Waals surface area contributed by atoms with Crippen LogP contribution in [0, 0.1) is 0 Å². The summed E-state index contributed by atoms with van der Waals surface area (Å²) in [5.74, 6) is 0.0482. The van der Waals surface area contributed by atoms with Gasteiger partial charge in [-0.3, -0.25) is 0 Å². The van der Waals surface area contributed by atoms with Gasteiger partial charge in [0, 0.05) is 24.8 Å². The summed E-state index contributed by atoms with van der Waals surface area (Å²) in [6, 6.07) is 5.53. The molecular formula is C13H15F3N2O3. The first kappa shape index (κ1) is 15.4. The summed E-state index contributed by atoms with van der Waals surface area (Å²) in [5.41, 5.74) is 0.381. The summed E-state index contributed by atoms with van der Waals surface area (Å²) >= 11 is 0. The van der Waals surface area contributed by atoms with Crippen molar-refractivity contribution in [3.63, 3.8) is 0 Å². The van der Waals surface area contributed by atoms with Crippen molar-refractivity contribution in [3.05, 3.63) is 24.3 Å². The Morgan fingerprint density at radius 3 is 2.71 bits per heavy atom. The quantitative estimate of drug-likeness (QED) is 0.933. The summed E-state index contributed by atoms with van der Waals surface area (Å²) in [5, 5.41) is 2.62. The molecule has 1 saturated heterocycles. The SMILES string of the molecule is O=C(Nc1cccc(OCC(F)(F)F)c1)N1CCOCC1. The van der Waals surface area contributed by atoms with Crippen LogP contribution >= 0.6 is 0 Å². The molecule has 1 heterocycles. The third-order valence-electron chi connectivity index (χ3n) is 2.79. The third kappa shape index (κ3) is 5.14. The van der Waals surface area contributed by atoms with E-state index in [4.69, 9.17) is 4.74 Å². The molecule has 0 aromatic heterocycles. The Labute approximate surface area is 119 Å². The molecule has 116 valence electrons. The number of alkyl halides is 3. The van der Waals surface area contributed by atoms with Gasteiger partial charge in [-0.2, -0.15) is 13.2 Å². The summed E-state index contributed by atoms with van der Waals surface area (Å²) in [4.78, 5) is 13.5. The average molecular weight is 304 g/mol. The number of carbonyl (C=O) groups excluding carboxylic acids is 1. The van der Waals surface area contributed by atoms with Gasteiger partial charge in [-0.15, -0.1) is 0 Å². The van der Waals surface area contributed by atoms with Crippen LogP contribution in [0.2, 0.25) is 0 Å². The van der Waals surface area contributed by atoms with E-state index in [0.29, 0.717) is 32.0 Å². The van der Waals surface area contributed by atoms with Gasteiger partial charge in [-0.05, 0) is 12.1 Å². The molecule has 0 atom stereocenters. The Morgan fingerprint density at radius 1 is 1.33 bits per heavy atom. The number of amides is 2. The largest absolute Gasteiger partial charge is 0.484 e. The van der Waals surface area contributed by atoms with E-state index in [1.165, 1.54) is 18.2 Å². The van der Waals surface area contributed by atoms with Crippen molar-refractivity contribution in [3.8, 4) is 5.75 Å². The van der Waals surface area contributed by atoms with E-state index in [1.807, 2.05) is 0 Å². The van der Waals surface area contributed by atoms with Crippen molar-refractivity contribution in [2.24, 2.45) is 0 Å². The van der Waals surface area contributed by atoms with E-state index in [2.05, 4.69) is 10.1 Å². The summed E-state index contributed by atoms with van der Waals surface area (Å²) in [6.07, 6.45) is -4.40. The second-order valence-electron chi connectivity index (χ2n) is 4.46. The number of benzene rings is 1. The first-order chi connectivity index (χ1) is 9.94. The minimum Gasteiger partial charge on any atom is -0.484 e. The summed E-state index contributed by atoms with van der Waals surface area (Å²) < 4.78 is 46.0. The second-order valence-corrected chi connectivity index (χ2v) is 4.46. The minimum absolute atomic E-state index is 0.0482. The van der Waals surface area contributed by atoms with E-state index in [-0.39, 0.29) is 11.8 Å². The zero-order chi connectivity index (χ0) is 15.3. The van der Waals surface area contributed by atoms with Crippen molar-refractivity contribution in [1.29, 1.82) is 0 Å². The molecule has 8 heteroatoms. The van der Waals surface area contributed by atoms with E-state index >= 15 is 0 Å². The van der Waals surface area contributed by atoms with E-state index in [0.717, 1.165) is 0 Å². The second kappa shape index (κ2) is 6.66. The van der Waals surface area contributed by atoms with Gasteiger partial charge < -0.3 is 19.7 Å². The highest BCUT2D eigenvalue weighted by molar-refractivity contribution is 5.89. The van der Waals surface area contributed by atoms with Gasteiger partial charge in [0.1, 0.15) is 5.75 Å². The molecule has 5 nitrogen and oxygen atoms in total. The normalized spacial score (nSPS) is 15.7. The van der Waals surface area contributed by atoms with Crippen molar-refractivity contribution >= 4 is 11.7 Å². The van der Waals surface area contributed by atoms with Crippen LogP contribution in [0.1, 0.15) is 0 Å². The van der Waals surface area contributed by atoms with E-state index in [1.54, 1.807) is 11.0 Å². The standard InChI is InChI=1S/C13H15F3N2O3/c14-13(15,16)9-21-11-3-1-2-10(8-11)17-12(19)18-4-6-20-7-5-18/h1-3,8H,4-7,9H2,(H,17,19). The average Bonchev–Trinajstić information content (AvgIpc) is 2.46. The molecule has 1 fully saturated rings. The maximum Gasteiger partial charge on any atom is 0.422 e. The topological polar surface area (TPSA) is 50.8 Å². The van der Waals surface area contributed by atoms with Crippen LogP contribution in [-0.4, -0.2) is 50.0 Å². The number of hydrogen-bond donors (Lipinski definition) is 1. The van der Waals surface area contributed by atoms with Crippen LogP contribution in [0.25, 0.3) is 0 Å². The Kier molecular flexibility index (Phi) is 4.89. The van der Waals surface area contributed by atoms with Gasteiger partial charge in [-0.25, -0.2) is 4.79 Å². The fraction of sp³-hybridized carbons (Fsp3) is 0.462. The number of carbonyl (C=O) groups is 1. The lowest BCUT2D eigenvalue weighted by atomic mass is 10.3. The Bertz CT molecular complexity index is 488. The maximum atomic E-state index is 12.1. The molecule has 0 radical (unpaired) electrons.